The summed E-state index contributed by atoms with van der Waals surface area (Å²) < 4.78 is 5.66. The third-order valence-electron chi connectivity index (χ3n) is 4.38. The average Bonchev–Trinajstić information content (AvgIpc) is 2.29. The Morgan fingerprint density at radius 1 is 1.24 bits per heavy atom. The Bertz CT molecular complexity index is 247. The smallest absolute Gasteiger partial charge is 0.0546 e. The van der Waals surface area contributed by atoms with Crippen molar-refractivity contribution in [3.05, 3.63) is 0 Å². The maximum Gasteiger partial charge on any atom is 0.0546 e. The van der Waals surface area contributed by atoms with E-state index >= 15 is 0 Å². The number of hydrogen-bond acceptors (Lipinski definition) is 3. The highest BCUT2D eigenvalue weighted by Gasteiger charge is 2.36. The van der Waals surface area contributed by atoms with Gasteiger partial charge in [0, 0.05) is 31.7 Å². The summed E-state index contributed by atoms with van der Waals surface area (Å²) in [5, 5.41) is 0. The molecular weight excluding hydrogens is 212 g/mol. The second kappa shape index (κ2) is 5.25. The molecule has 0 aromatic carbocycles. The summed E-state index contributed by atoms with van der Waals surface area (Å²) in [6, 6.07) is 0. The molecule has 0 bridgehead atoms. The number of nitrogens with two attached hydrogens (primary N) is 1. The molecule has 2 fully saturated rings. The summed E-state index contributed by atoms with van der Waals surface area (Å²) >= 11 is 0. The van der Waals surface area contributed by atoms with Crippen LogP contribution >= 0.6 is 0 Å². The van der Waals surface area contributed by atoms with Crippen molar-refractivity contribution >= 4 is 0 Å². The first-order valence-electron chi connectivity index (χ1n) is 7.06. The SMILES string of the molecule is CC1(C)CCCN(CC2(CN)CCCOC2)C1. The van der Waals surface area contributed by atoms with E-state index < -0.39 is 0 Å². The van der Waals surface area contributed by atoms with Crippen LogP contribution in [0.5, 0.6) is 0 Å². The zero-order chi connectivity index (χ0) is 12.4. The molecule has 100 valence electrons. The predicted molar refractivity (Wildman–Crippen MR) is 71.0 cm³/mol. The van der Waals surface area contributed by atoms with Gasteiger partial charge in [-0.2, -0.15) is 0 Å². The van der Waals surface area contributed by atoms with Crippen molar-refractivity contribution in [1.29, 1.82) is 0 Å². The van der Waals surface area contributed by atoms with E-state index in [1.807, 2.05) is 0 Å². The molecule has 2 saturated heterocycles. The molecule has 0 radical (unpaired) electrons. The standard InChI is InChI=1S/C14H28N2O/c1-13(2)5-3-7-16(10-13)11-14(9-15)6-4-8-17-12-14/h3-12,15H2,1-2H3. The third kappa shape index (κ3) is 3.43. The van der Waals surface area contributed by atoms with Crippen LogP contribution in [0, 0.1) is 10.8 Å². The molecule has 0 aromatic rings. The van der Waals surface area contributed by atoms with Gasteiger partial charge in [-0.15, -0.1) is 0 Å². The summed E-state index contributed by atoms with van der Waals surface area (Å²) in [5.41, 5.74) is 6.72. The van der Waals surface area contributed by atoms with Crippen LogP contribution in [0.15, 0.2) is 0 Å². The van der Waals surface area contributed by atoms with Crippen LogP contribution in [0.1, 0.15) is 39.5 Å². The molecular formula is C14H28N2O. The third-order valence-corrected chi connectivity index (χ3v) is 4.38. The second-order valence-corrected chi connectivity index (χ2v) is 6.84. The Hall–Kier alpha value is -0.120. The van der Waals surface area contributed by atoms with E-state index in [9.17, 15) is 0 Å². The van der Waals surface area contributed by atoms with Crippen LogP contribution in [-0.2, 0) is 4.74 Å². The first-order valence-corrected chi connectivity index (χ1v) is 7.06. The van der Waals surface area contributed by atoms with Gasteiger partial charge in [0.25, 0.3) is 0 Å². The summed E-state index contributed by atoms with van der Waals surface area (Å²) in [6.07, 6.45) is 5.10. The van der Waals surface area contributed by atoms with Crippen LogP contribution in [0.4, 0.5) is 0 Å². The second-order valence-electron chi connectivity index (χ2n) is 6.84. The fourth-order valence-corrected chi connectivity index (χ4v) is 3.41. The molecule has 0 amide bonds. The summed E-state index contributed by atoms with van der Waals surface area (Å²) in [5.74, 6) is 0. The molecule has 1 atom stereocenters. The van der Waals surface area contributed by atoms with Gasteiger partial charge in [0.15, 0.2) is 0 Å². The van der Waals surface area contributed by atoms with E-state index in [4.69, 9.17) is 10.5 Å². The van der Waals surface area contributed by atoms with E-state index in [1.165, 1.54) is 38.8 Å². The molecule has 3 heteroatoms. The van der Waals surface area contributed by atoms with Crippen molar-refractivity contribution in [2.75, 3.05) is 39.4 Å². The van der Waals surface area contributed by atoms with Gasteiger partial charge in [-0.05, 0) is 37.6 Å². The lowest BCUT2D eigenvalue weighted by molar-refractivity contribution is -0.0328. The molecule has 17 heavy (non-hydrogen) atoms. The van der Waals surface area contributed by atoms with E-state index in [0.29, 0.717) is 5.41 Å². The first-order chi connectivity index (χ1) is 8.05. The quantitative estimate of drug-likeness (QED) is 0.818. The topological polar surface area (TPSA) is 38.5 Å². The van der Waals surface area contributed by atoms with E-state index in [-0.39, 0.29) is 5.41 Å². The number of hydrogen-bond donors (Lipinski definition) is 1. The lowest BCUT2D eigenvalue weighted by atomic mass is 9.79. The van der Waals surface area contributed by atoms with Crippen LogP contribution in [0.2, 0.25) is 0 Å². The Labute approximate surface area is 106 Å². The van der Waals surface area contributed by atoms with Crippen molar-refractivity contribution in [1.82, 2.24) is 4.90 Å². The highest BCUT2D eigenvalue weighted by Crippen LogP contribution is 2.33. The highest BCUT2D eigenvalue weighted by molar-refractivity contribution is 4.89. The Balaban J connectivity index is 1.93. The monoisotopic (exact) mass is 240 g/mol. The van der Waals surface area contributed by atoms with Gasteiger partial charge in [-0.3, -0.25) is 0 Å². The Kier molecular flexibility index (Phi) is 4.11. The van der Waals surface area contributed by atoms with Gasteiger partial charge in [-0.25, -0.2) is 0 Å². The van der Waals surface area contributed by atoms with Crippen molar-refractivity contribution in [3.63, 3.8) is 0 Å². The fraction of sp³-hybridized carbons (Fsp3) is 1.00. The fourth-order valence-electron chi connectivity index (χ4n) is 3.41. The Morgan fingerprint density at radius 2 is 2.06 bits per heavy atom. The molecule has 0 saturated carbocycles. The van der Waals surface area contributed by atoms with Crippen molar-refractivity contribution in [3.8, 4) is 0 Å². The van der Waals surface area contributed by atoms with Gasteiger partial charge in [0.2, 0.25) is 0 Å². The number of rotatable bonds is 3. The number of ether oxygens (including phenoxy) is 1. The average molecular weight is 240 g/mol. The molecule has 0 aromatic heterocycles. The van der Waals surface area contributed by atoms with E-state index in [0.717, 1.165) is 26.3 Å². The molecule has 2 aliphatic heterocycles. The van der Waals surface area contributed by atoms with Crippen LogP contribution in [0.3, 0.4) is 0 Å². The molecule has 0 aliphatic carbocycles. The molecule has 1 unspecified atom stereocenters. The minimum absolute atomic E-state index is 0.228. The number of piperidine rings is 1. The van der Waals surface area contributed by atoms with Gasteiger partial charge >= 0.3 is 0 Å². The van der Waals surface area contributed by atoms with Crippen molar-refractivity contribution < 1.29 is 4.74 Å². The van der Waals surface area contributed by atoms with Gasteiger partial charge in [0.1, 0.15) is 0 Å². The largest absolute Gasteiger partial charge is 0.381 e. The van der Waals surface area contributed by atoms with Crippen LogP contribution < -0.4 is 5.73 Å². The molecule has 2 N–H and O–H groups in total. The molecule has 0 spiro atoms. The minimum Gasteiger partial charge on any atom is -0.381 e. The lowest BCUT2D eigenvalue weighted by Gasteiger charge is -2.44. The molecule has 2 rings (SSSR count). The van der Waals surface area contributed by atoms with Gasteiger partial charge in [-0.1, -0.05) is 13.8 Å². The number of likely N-dealkylation sites (tertiary alicyclic amines) is 1. The van der Waals surface area contributed by atoms with Crippen LogP contribution in [-0.4, -0.2) is 44.3 Å². The van der Waals surface area contributed by atoms with Gasteiger partial charge < -0.3 is 15.4 Å². The van der Waals surface area contributed by atoms with Crippen LogP contribution in [0.25, 0.3) is 0 Å². The maximum absolute atomic E-state index is 6.02. The molecule has 2 heterocycles. The zero-order valence-electron chi connectivity index (χ0n) is 11.5. The zero-order valence-corrected chi connectivity index (χ0v) is 11.5. The highest BCUT2D eigenvalue weighted by atomic mass is 16.5. The molecule has 2 aliphatic rings. The summed E-state index contributed by atoms with van der Waals surface area (Å²) in [4.78, 5) is 2.62. The van der Waals surface area contributed by atoms with Gasteiger partial charge in [0.05, 0.1) is 6.61 Å². The van der Waals surface area contributed by atoms with Crippen molar-refractivity contribution in [2.24, 2.45) is 16.6 Å². The normalized spacial score (nSPS) is 34.8. The Morgan fingerprint density at radius 3 is 2.65 bits per heavy atom. The molecule has 3 nitrogen and oxygen atoms in total. The van der Waals surface area contributed by atoms with E-state index in [2.05, 4.69) is 18.7 Å². The minimum atomic E-state index is 0.228. The summed E-state index contributed by atoms with van der Waals surface area (Å²) in [6.45, 7) is 10.9. The van der Waals surface area contributed by atoms with Crippen molar-refractivity contribution in [2.45, 2.75) is 39.5 Å². The van der Waals surface area contributed by atoms with E-state index in [1.54, 1.807) is 0 Å². The number of nitrogens with zero attached hydrogens (tertiary/aromatic N) is 1. The summed E-state index contributed by atoms with van der Waals surface area (Å²) in [7, 11) is 0. The predicted octanol–water partition coefficient (Wildman–Crippen LogP) is 1.86. The lowest BCUT2D eigenvalue weighted by Crippen LogP contribution is -2.51. The maximum atomic E-state index is 6.02. The first kappa shape index (κ1) is 13.3.